The van der Waals surface area contributed by atoms with Crippen molar-refractivity contribution in [2.75, 3.05) is 6.79 Å². The van der Waals surface area contributed by atoms with Crippen LogP contribution in [0.15, 0.2) is 23.8 Å². The van der Waals surface area contributed by atoms with Crippen LogP contribution in [0, 0.1) is 5.92 Å². The van der Waals surface area contributed by atoms with Crippen molar-refractivity contribution in [3.8, 4) is 11.5 Å². The number of ether oxygens (including phenoxy) is 4. The Bertz CT molecular complexity index is 1030. The highest BCUT2D eigenvalue weighted by Crippen LogP contribution is 2.34. The average molecular weight is 510 g/mol. The number of carbonyl (C=O) groups excluding carboxylic acids is 2. The first-order valence-electron chi connectivity index (χ1n) is 11.6. The maximum absolute atomic E-state index is 12.7. The van der Waals surface area contributed by atoms with E-state index in [1.54, 1.807) is 13.0 Å². The third-order valence-electron chi connectivity index (χ3n) is 6.85. The summed E-state index contributed by atoms with van der Waals surface area (Å²) in [5, 5.41) is 54.3. The fourth-order valence-electron chi connectivity index (χ4n) is 4.72. The number of amides is 1. The summed E-state index contributed by atoms with van der Waals surface area (Å²) in [4.78, 5) is 24.4. The van der Waals surface area contributed by atoms with Crippen LogP contribution in [-0.2, 0) is 23.8 Å². The van der Waals surface area contributed by atoms with Crippen LogP contribution in [0.25, 0.3) is 6.08 Å². The van der Waals surface area contributed by atoms with E-state index in [0.717, 1.165) is 0 Å². The van der Waals surface area contributed by atoms with Gasteiger partial charge in [-0.25, -0.2) is 0 Å². The predicted octanol–water partition coefficient (Wildman–Crippen LogP) is -1.19. The smallest absolute Gasteiger partial charge is 0.247 e. The first-order chi connectivity index (χ1) is 17.0. The molecule has 6 N–H and O–H groups in total. The first kappa shape index (κ1) is 26.5. The van der Waals surface area contributed by atoms with Gasteiger partial charge in [-0.05, 0) is 37.6 Å². The van der Waals surface area contributed by atoms with Gasteiger partial charge in [0.15, 0.2) is 17.3 Å². The number of aliphatic hydroxyl groups is 4. The summed E-state index contributed by atoms with van der Waals surface area (Å²) in [6, 6.07) is 3.13. The number of nitrogens with one attached hydrogen (secondary N) is 1. The zero-order valence-corrected chi connectivity index (χ0v) is 20.0. The number of fused-ring (bicyclic) bond motifs is 1. The molecule has 1 aromatic rings. The Morgan fingerprint density at radius 2 is 1.69 bits per heavy atom. The molecule has 1 aromatic carbocycles. The van der Waals surface area contributed by atoms with E-state index in [-0.39, 0.29) is 29.6 Å². The number of aromatic hydroxyl groups is 1. The molecule has 12 heteroatoms. The summed E-state index contributed by atoms with van der Waals surface area (Å²) in [7, 11) is 0. The lowest BCUT2D eigenvalue weighted by Gasteiger charge is -2.41. The van der Waals surface area contributed by atoms with E-state index in [0.29, 0.717) is 5.56 Å². The average Bonchev–Trinajstić information content (AvgIpc) is 3.43. The van der Waals surface area contributed by atoms with E-state index in [1.807, 2.05) is 0 Å². The quantitative estimate of drug-likeness (QED) is 0.253. The van der Waals surface area contributed by atoms with E-state index >= 15 is 0 Å². The minimum atomic E-state index is -1.47. The first-order valence-corrected chi connectivity index (χ1v) is 11.6. The number of hydrogen-bond donors (Lipinski definition) is 6. The molecular weight excluding hydrogens is 478 g/mol. The third-order valence-corrected chi connectivity index (χ3v) is 6.85. The number of hydrogen-bond acceptors (Lipinski definition) is 11. The van der Waals surface area contributed by atoms with Crippen molar-refractivity contribution in [3.63, 3.8) is 0 Å². The maximum atomic E-state index is 12.7. The van der Waals surface area contributed by atoms with Gasteiger partial charge in [0.05, 0.1) is 6.04 Å². The number of rotatable bonds is 6. The summed E-state index contributed by atoms with van der Waals surface area (Å²) in [6.45, 7) is 4.39. The minimum Gasteiger partial charge on any atom is -0.504 e. The molecule has 0 bridgehead atoms. The van der Waals surface area contributed by atoms with Gasteiger partial charge in [-0.3, -0.25) is 9.59 Å². The highest BCUT2D eigenvalue weighted by molar-refractivity contribution is 5.97. The normalized spacial score (nSPS) is 38.5. The van der Waals surface area contributed by atoms with E-state index in [1.165, 1.54) is 32.1 Å². The van der Waals surface area contributed by atoms with Crippen LogP contribution in [0.2, 0.25) is 0 Å². The topological polar surface area (TPSA) is 184 Å². The van der Waals surface area contributed by atoms with E-state index in [2.05, 4.69) is 5.32 Å². The second-order valence-electron chi connectivity index (χ2n) is 9.41. The highest BCUT2D eigenvalue weighted by Gasteiger charge is 2.53. The zero-order chi connectivity index (χ0) is 26.3. The van der Waals surface area contributed by atoms with Crippen LogP contribution >= 0.6 is 0 Å². The standard InChI is InChI=1S/C24H31NO11/c1-9(23(32)25-15-17(29)19(31)22-21(18(15)30)33-8-34-22)6-12-4-5-14(13(27)7-12)35-24-16(28)10(2)20(36-24)11(3)26/h4-7,10,15-22,24,27-31H,8H2,1-3H3,(H,25,32)/b9-6+/t10-,15+,16-,17-,18+,19+,20+,21-,22+,24+/m0/s1. The van der Waals surface area contributed by atoms with Crippen LogP contribution in [0.1, 0.15) is 26.3 Å². The molecule has 0 aromatic heterocycles. The Labute approximate surface area is 207 Å². The molecule has 10 atom stereocenters. The van der Waals surface area contributed by atoms with Gasteiger partial charge in [-0.15, -0.1) is 0 Å². The summed E-state index contributed by atoms with van der Waals surface area (Å²) in [5.74, 6) is -1.59. The maximum Gasteiger partial charge on any atom is 0.247 e. The molecule has 4 rings (SSSR count). The van der Waals surface area contributed by atoms with Crippen molar-refractivity contribution in [3.05, 3.63) is 29.3 Å². The van der Waals surface area contributed by atoms with Crippen molar-refractivity contribution in [2.24, 2.45) is 5.92 Å². The third kappa shape index (κ3) is 4.98. The monoisotopic (exact) mass is 509 g/mol. The van der Waals surface area contributed by atoms with E-state index in [9.17, 15) is 35.1 Å². The van der Waals surface area contributed by atoms with E-state index < -0.39 is 66.9 Å². The number of phenols is 1. The molecule has 2 saturated heterocycles. The number of benzene rings is 1. The fraction of sp³-hybridized carbons (Fsp3) is 0.583. The van der Waals surface area contributed by atoms with Crippen molar-refractivity contribution >= 4 is 17.8 Å². The molecule has 0 unspecified atom stereocenters. The van der Waals surface area contributed by atoms with Gasteiger partial charge in [-0.2, -0.15) is 0 Å². The summed E-state index contributed by atoms with van der Waals surface area (Å²) in [5.41, 5.74) is 0.628. The molecule has 2 heterocycles. The molecule has 3 aliphatic rings. The van der Waals surface area contributed by atoms with Crippen molar-refractivity contribution in [1.82, 2.24) is 5.32 Å². The Hall–Kier alpha value is -2.58. The SMILES string of the molecule is CC(=O)[C@@H]1O[C@@H](Oc2ccc(/C=C(\C)C(=O)N[C@@H]3[C@H](O)[C@@H](O)[C@H]4OCO[C@H]4[C@@H]3O)cc2O)[C@@H](O)[C@@H]1C. The second kappa shape index (κ2) is 10.4. The molecule has 1 aliphatic carbocycles. The van der Waals surface area contributed by atoms with Crippen molar-refractivity contribution in [2.45, 2.75) is 75.8 Å². The Morgan fingerprint density at radius 1 is 1.03 bits per heavy atom. The second-order valence-corrected chi connectivity index (χ2v) is 9.41. The van der Waals surface area contributed by atoms with Gasteiger partial charge in [0.25, 0.3) is 0 Å². The van der Waals surface area contributed by atoms with Crippen LogP contribution in [0.3, 0.4) is 0 Å². The molecule has 1 saturated carbocycles. The number of aliphatic hydroxyl groups excluding tert-OH is 4. The molecule has 36 heavy (non-hydrogen) atoms. The predicted molar refractivity (Wildman–Crippen MR) is 121 cm³/mol. The van der Waals surface area contributed by atoms with Crippen LogP contribution in [0.4, 0.5) is 0 Å². The van der Waals surface area contributed by atoms with Gasteiger partial charge in [0.1, 0.15) is 49.5 Å². The minimum absolute atomic E-state index is 0.0190. The summed E-state index contributed by atoms with van der Waals surface area (Å²) in [6.07, 6.45) is -7.45. The molecule has 198 valence electrons. The van der Waals surface area contributed by atoms with Gasteiger partial charge < -0.3 is 49.8 Å². The molecule has 12 nitrogen and oxygen atoms in total. The number of phenolic OH excluding ortho intramolecular Hbond substituents is 1. The molecule has 0 spiro atoms. The lowest BCUT2D eigenvalue weighted by atomic mass is 9.83. The van der Waals surface area contributed by atoms with Crippen molar-refractivity contribution < 1.29 is 54.1 Å². The zero-order valence-electron chi connectivity index (χ0n) is 20.0. The molecule has 3 fully saturated rings. The van der Waals surface area contributed by atoms with Crippen LogP contribution in [0.5, 0.6) is 11.5 Å². The lowest BCUT2D eigenvalue weighted by molar-refractivity contribution is -0.155. The van der Waals surface area contributed by atoms with Crippen LogP contribution < -0.4 is 10.1 Å². The largest absolute Gasteiger partial charge is 0.504 e. The Morgan fingerprint density at radius 3 is 2.31 bits per heavy atom. The lowest BCUT2D eigenvalue weighted by Crippen LogP contribution is -2.67. The number of ketones is 1. The van der Waals surface area contributed by atoms with Crippen molar-refractivity contribution in [1.29, 1.82) is 0 Å². The Balaban J connectivity index is 1.41. The fourth-order valence-corrected chi connectivity index (χ4v) is 4.72. The number of carbonyl (C=O) groups is 2. The van der Waals surface area contributed by atoms with Crippen LogP contribution in [-0.4, -0.2) is 99.1 Å². The molecule has 2 aliphatic heterocycles. The molecular formula is C24H31NO11. The van der Waals surface area contributed by atoms with Gasteiger partial charge in [0.2, 0.25) is 12.2 Å². The summed E-state index contributed by atoms with van der Waals surface area (Å²) >= 11 is 0. The highest BCUT2D eigenvalue weighted by atomic mass is 16.7. The number of Topliss-reactive ketones (excluding diaryl/α,β-unsaturated/α-hetero) is 1. The molecule has 0 radical (unpaired) electrons. The van der Waals surface area contributed by atoms with Gasteiger partial charge in [-0.1, -0.05) is 13.0 Å². The van der Waals surface area contributed by atoms with E-state index in [4.69, 9.17) is 18.9 Å². The summed E-state index contributed by atoms with van der Waals surface area (Å²) < 4.78 is 21.5. The Kier molecular flexibility index (Phi) is 7.67. The van der Waals surface area contributed by atoms with Gasteiger partial charge >= 0.3 is 0 Å². The molecule has 1 amide bonds. The van der Waals surface area contributed by atoms with Gasteiger partial charge in [0, 0.05) is 11.5 Å².